The zero-order valence-corrected chi connectivity index (χ0v) is 13.2. The molecule has 3 rings (SSSR count). The van der Waals surface area contributed by atoms with E-state index in [1.165, 1.54) is 14.2 Å². The first kappa shape index (κ1) is 15.7. The van der Waals surface area contributed by atoms with E-state index in [4.69, 9.17) is 13.9 Å². The van der Waals surface area contributed by atoms with Gasteiger partial charge in [0.05, 0.1) is 19.7 Å². The lowest BCUT2D eigenvalue weighted by molar-refractivity contribution is 0.0944. The summed E-state index contributed by atoms with van der Waals surface area (Å²) in [6, 6.07) is 10.3. The molecule has 24 heavy (non-hydrogen) atoms. The van der Waals surface area contributed by atoms with Crippen LogP contribution in [0.2, 0.25) is 0 Å². The van der Waals surface area contributed by atoms with Gasteiger partial charge in [-0.1, -0.05) is 12.1 Å². The van der Waals surface area contributed by atoms with Gasteiger partial charge in [0.1, 0.15) is 17.1 Å². The number of aromatic nitrogens is 1. The molecule has 0 unspecified atom stereocenters. The number of nitrogens with one attached hydrogen (secondary N) is 2. The Labute approximate surface area is 137 Å². The number of hydrogen-bond acceptors (Lipinski definition) is 5. The fourth-order valence-corrected chi connectivity index (χ4v) is 2.45. The molecule has 0 atom stereocenters. The molecule has 0 saturated carbocycles. The topological polar surface area (TPSA) is 93.6 Å². The van der Waals surface area contributed by atoms with E-state index in [-0.39, 0.29) is 12.5 Å². The van der Waals surface area contributed by atoms with E-state index in [0.29, 0.717) is 28.2 Å². The summed E-state index contributed by atoms with van der Waals surface area (Å²) in [6.07, 6.45) is 0. The van der Waals surface area contributed by atoms with Gasteiger partial charge in [-0.15, -0.1) is 0 Å². The Balaban J connectivity index is 1.80. The molecule has 0 aliphatic carbocycles. The third-order valence-electron chi connectivity index (χ3n) is 3.59. The number of fused-ring (bicyclic) bond motifs is 1. The Kier molecular flexibility index (Phi) is 4.24. The number of carbonyl (C=O) groups is 1. The number of H-pyrrole nitrogens is 1. The molecule has 0 aliphatic rings. The zero-order chi connectivity index (χ0) is 17.1. The third-order valence-corrected chi connectivity index (χ3v) is 3.59. The first-order valence-corrected chi connectivity index (χ1v) is 7.23. The van der Waals surface area contributed by atoms with Crippen LogP contribution in [-0.4, -0.2) is 25.1 Å². The van der Waals surface area contributed by atoms with E-state index in [0.717, 1.165) is 5.56 Å². The van der Waals surface area contributed by atoms with Gasteiger partial charge in [-0.05, 0) is 29.8 Å². The van der Waals surface area contributed by atoms with Gasteiger partial charge in [0.25, 0.3) is 5.91 Å². The standard InChI is InChI=1S/C17H16N2O5/c1-22-13-4-3-5-14(23-2)15(13)16(20)18-9-10-6-7-12-11(8-10)19-17(21)24-12/h3-8H,9H2,1-2H3,(H,18,20)(H,19,21). The van der Waals surface area contributed by atoms with Crippen molar-refractivity contribution in [3.8, 4) is 11.5 Å². The molecule has 7 nitrogen and oxygen atoms in total. The van der Waals surface area contributed by atoms with Gasteiger partial charge >= 0.3 is 5.76 Å². The molecule has 1 heterocycles. The number of methoxy groups -OCH3 is 2. The summed E-state index contributed by atoms with van der Waals surface area (Å²) in [6.45, 7) is 0.281. The van der Waals surface area contributed by atoms with E-state index in [1.807, 2.05) is 0 Å². The largest absolute Gasteiger partial charge is 0.496 e. The highest BCUT2D eigenvalue weighted by atomic mass is 16.5. The number of hydrogen-bond donors (Lipinski definition) is 2. The first-order chi connectivity index (χ1) is 11.6. The van der Waals surface area contributed by atoms with Crippen molar-refractivity contribution in [1.29, 1.82) is 0 Å². The van der Waals surface area contributed by atoms with Crippen LogP contribution < -0.4 is 20.5 Å². The Morgan fingerprint density at radius 2 is 1.88 bits per heavy atom. The molecule has 3 aromatic rings. The van der Waals surface area contributed by atoms with Crippen molar-refractivity contribution < 1.29 is 18.7 Å². The molecule has 2 aromatic carbocycles. The summed E-state index contributed by atoms with van der Waals surface area (Å²) in [4.78, 5) is 26.3. The van der Waals surface area contributed by atoms with Gasteiger partial charge in [-0.2, -0.15) is 0 Å². The van der Waals surface area contributed by atoms with Gasteiger partial charge in [0, 0.05) is 6.54 Å². The van der Waals surface area contributed by atoms with Gasteiger partial charge in [-0.3, -0.25) is 9.78 Å². The second-order valence-electron chi connectivity index (χ2n) is 5.07. The minimum Gasteiger partial charge on any atom is -0.496 e. The Hall–Kier alpha value is -3.22. The molecule has 0 bridgehead atoms. The van der Waals surface area contributed by atoms with Crippen LogP contribution in [0.3, 0.4) is 0 Å². The number of amides is 1. The van der Waals surface area contributed by atoms with Crippen molar-refractivity contribution in [3.05, 3.63) is 58.1 Å². The molecule has 0 saturated heterocycles. The van der Waals surface area contributed by atoms with Crippen molar-refractivity contribution in [2.24, 2.45) is 0 Å². The summed E-state index contributed by atoms with van der Waals surface area (Å²) in [5.74, 6) is 0.0398. The second-order valence-corrected chi connectivity index (χ2v) is 5.07. The van der Waals surface area contributed by atoms with Crippen molar-refractivity contribution in [3.63, 3.8) is 0 Å². The number of aromatic amines is 1. The highest BCUT2D eigenvalue weighted by molar-refractivity contribution is 5.99. The van der Waals surface area contributed by atoms with Crippen LogP contribution in [0, 0.1) is 0 Å². The summed E-state index contributed by atoms with van der Waals surface area (Å²) >= 11 is 0. The lowest BCUT2D eigenvalue weighted by atomic mass is 10.1. The molecule has 1 amide bonds. The number of oxazole rings is 1. The van der Waals surface area contributed by atoms with E-state index >= 15 is 0 Å². The average molecular weight is 328 g/mol. The Morgan fingerprint density at radius 3 is 2.54 bits per heavy atom. The van der Waals surface area contributed by atoms with Crippen molar-refractivity contribution in [1.82, 2.24) is 10.3 Å². The minimum absolute atomic E-state index is 0.281. The predicted octanol–water partition coefficient (Wildman–Crippen LogP) is 2.07. The fraction of sp³-hybridized carbons (Fsp3) is 0.176. The van der Waals surface area contributed by atoms with Gasteiger partial charge in [0.2, 0.25) is 0 Å². The monoisotopic (exact) mass is 328 g/mol. The number of carbonyl (C=O) groups excluding carboxylic acids is 1. The van der Waals surface area contributed by atoms with Crippen molar-refractivity contribution >= 4 is 17.0 Å². The van der Waals surface area contributed by atoms with Crippen LogP contribution >= 0.6 is 0 Å². The van der Waals surface area contributed by atoms with E-state index in [9.17, 15) is 9.59 Å². The molecule has 2 N–H and O–H groups in total. The van der Waals surface area contributed by atoms with Gasteiger partial charge in [-0.25, -0.2) is 4.79 Å². The summed E-state index contributed by atoms with van der Waals surface area (Å²) in [7, 11) is 2.99. The highest BCUT2D eigenvalue weighted by Gasteiger charge is 2.17. The predicted molar refractivity (Wildman–Crippen MR) is 87.6 cm³/mol. The van der Waals surface area contributed by atoms with Crippen molar-refractivity contribution in [2.45, 2.75) is 6.54 Å². The highest BCUT2D eigenvalue weighted by Crippen LogP contribution is 2.28. The quantitative estimate of drug-likeness (QED) is 0.748. The molecule has 0 spiro atoms. The molecule has 7 heteroatoms. The third kappa shape index (κ3) is 2.96. The van der Waals surface area contributed by atoms with Gasteiger partial charge < -0.3 is 19.2 Å². The zero-order valence-electron chi connectivity index (χ0n) is 13.2. The average Bonchev–Trinajstić information content (AvgIpc) is 2.97. The molecule has 0 radical (unpaired) electrons. The van der Waals surface area contributed by atoms with Crippen molar-refractivity contribution in [2.75, 3.05) is 14.2 Å². The van der Waals surface area contributed by atoms with Crippen LogP contribution in [0.5, 0.6) is 11.5 Å². The number of ether oxygens (including phenoxy) is 2. The van der Waals surface area contributed by atoms with Crippen LogP contribution in [0.4, 0.5) is 0 Å². The SMILES string of the molecule is COc1cccc(OC)c1C(=O)NCc1ccc2oc(=O)[nH]c2c1. The summed E-state index contributed by atoms with van der Waals surface area (Å²) in [5.41, 5.74) is 2.21. The van der Waals surface area contributed by atoms with Crippen LogP contribution in [-0.2, 0) is 6.54 Å². The van der Waals surface area contributed by atoms with Crippen LogP contribution in [0.15, 0.2) is 45.6 Å². The maximum atomic E-state index is 12.5. The molecule has 124 valence electrons. The Bertz CT molecular complexity index is 919. The molecular formula is C17H16N2O5. The number of rotatable bonds is 5. The van der Waals surface area contributed by atoms with E-state index in [2.05, 4.69) is 10.3 Å². The fourth-order valence-electron chi connectivity index (χ4n) is 2.45. The maximum absolute atomic E-state index is 12.5. The molecule has 1 aromatic heterocycles. The first-order valence-electron chi connectivity index (χ1n) is 7.23. The van der Waals surface area contributed by atoms with E-state index in [1.54, 1.807) is 36.4 Å². The van der Waals surface area contributed by atoms with Crippen LogP contribution in [0.25, 0.3) is 11.1 Å². The van der Waals surface area contributed by atoms with Gasteiger partial charge in [0.15, 0.2) is 5.58 Å². The smallest absolute Gasteiger partial charge is 0.417 e. The molecule has 0 aliphatic heterocycles. The lowest BCUT2D eigenvalue weighted by Gasteiger charge is -2.13. The van der Waals surface area contributed by atoms with Crippen LogP contribution in [0.1, 0.15) is 15.9 Å². The van der Waals surface area contributed by atoms with E-state index < -0.39 is 5.76 Å². The minimum atomic E-state index is -0.509. The lowest BCUT2D eigenvalue weighted by Crippen LogP contribution is -2.24. The number of benzene rings is 2. The Morgan fingerprint density at radius 1 is 1.17 bits per heavy atom. The summed E-state index contributed by atoms with van der Waals surface area (Å²) < 4.78 is 15.4. The summed E-state index contributed by atoms with van der Waals surface area (Å²) in [5, 5.41) is 2.81. The second kappa shape index (κ2) is 6.49. The molecule has 0 fully saturated rings. The molecular weight excluding hydrogens is 312 g/mol. The maximum Gasteiger partial charge on any atom is 0.417 e. The normalized spacial score (nSPS) is 10.6.